The molecule has 0 bridgehead atoms. The van der Waals surface area contributed by atoms with E-state index < -0.39 is 0 Å². The van der Waals surface area contributed by atoms with Crippen LogP contribution in [0.3, 0.4) is 0 Å². The number of ether oxygens (including phenoxy) is 2. The Kier molecular flexibility index (Phi) is 4.41. The van der Waals surface area contributed by atoms with Gasteiger partial charge in [-0.05, 0) is 54.5 Å². The van der Waals surface area contributed by atoms with Crippen molar-refractivity contribution in [3.05, 3.63) is 22.7 Å². The van der Waals surface area contributed by atoms with Crippen LogP contribution in [0.4, 0.5) is 0 Å². The third-order valence-corrected chi connectivity index (χ3v) is 4.92. The topological polar surface area (TPSA) is 30.5 Å². The van der Waals surface area contributed by atoms with Gasteiger partial charge < -0.3 is 14.8 Å². The maximum absolute atomic E-state index is 6.17. The molecule has 0 atom stereocenters. The van der Waals surface area contributed by atoms with E-state index >= 15 is 0 Å². The molecule has 1 fully saturated rings. The molecular weight excluding hydrogens is 282 g/mol. The minimum absolute atomic E-state index is 0.270. The number of hydrogen-bond donors (Lipinski definition) is 1. The highest BCUT2D eigenvalue weighted by Crippen LogP contribution is 2.39. The van der Waals surface area contributed by atoms with E-state index in [4.69, 9.17) is 21.1 Å². The monoisotopic (exact) mass is 299 g/mol. The van der Waals surface area contributed by atoms with Crippen molar-refractivity contribution in [2.75, 3.05) is 24.8 Å². The summed E-state index contributed by atoms with van der Waals surface area (Å²) in [5.74, 6) is 4.88. The van der Waals surface area contributed by atoms with E-state index in [1.807, 2.05) is 12.1 Å². The van der Waals surface area contributed by atoms with Crippen LogP contribution in [-0.4, -0.2) is 24.8 Å². The van der Waals surface area contributed by atoms with Gasteiger partial charge in [-0.15, -0.1) is 0 Å². The zero-order valence-electron chi connectivity index (χ0n) is 10.8. The van der Waals surface area contributed by atoms with Gasteiger partial charge in [0, 0.05) is 6.54 Å². The van der Waals surface area contributed by atoms with E-state index in [-0.39, 0.29) is 6.79 Å². The first-order valence-corrected chi connectivity index (χ1v) is 8.22. The number of thioether (sulfide) groups is 1. The Morgan fingerprint density at radius 3 is 2.95 bits per heavy atom. The molecule has 2 aliphatic rings. The molecule has 1 aromatic rings. The normalized spacial score (nSPS) is 18.8. The second kappa shape index (κ2) is 6.25. The summed E-state index contributed by atoms with van der Waals surface area (Å²) >= 11 is 8.24. The van der Waals surface area contributed by atoms with Crippen molar-refractivity contribution in [2.45, 2.75) is 19.4 Å². The molecule has 0 aliphatic carbocycles. The van der Waals surface area contributed by atoms with Gasteiger partial charge in [0.05, 0.1) is 5.02 Å². The van der Waals surface area contributed by atoms with Gasteiger partial charge in [-0.3, -0.25) is 0 Å². The second-order valence-corrected chi connectivity index (χ2v) is 6.63. The fourth-order valence-electron chi connectivity index (χ4n) is 2.49. The summed E-state index contributed by atoms with van der Waals surface area (Å²) in [6, 6.07) is 3.97. The number of rotatable bonds is 4. The van der Waals surface area contributed by atoms with Crippen LogP contribution in [0.2, 0.25) is 5.02 Å². The average molecular weight is 300 g/mol. The summed E-state index contributed by atoms with van der Waals surface area (Å²) < 4.78 is 10.7. The molecule has 0 amide bonds. The standard InChI is InChI=1S/C14H18ClNO2S/c15-12-5-11(6-13-14(12)18-9-17-13)8-16-7-10-1-3-19-4-2-10/h5-6,10,16H,1-4,7-9H2. The number of halogens is 1. The zero-order chi connectivity index (χ0) is 13.1. The van der Waals surface area contributed by atoms with Gasteiger partial charge in [0.25, 0.3) is 0 Å². The molecule has 0 saturated carbocycles. The lowest BCUT2D eigenvalue weighted by molar-refractivity contribution is 0.174. The van der Waals surface area contributed by atoms with Crippen molar-refractivity contribution < 1.29 is 9.47 Å². The van der Waals surface area contributed by atoms with Crippen molar-refractivity contribution >= 4 is 23.4 Å². The minimum atomic E-state index is 0.270. The van der Waals surface area contributed by atoms with Crippen molar-refractivity contribution in [1.82, 2.24) is 5.32 Å². The maximum Gasteiger partial charge on any atom is 0.231 e. The van der Waals surface area contributed by atoms with Gasteiger partial charge in [-0.25, -0.2) is 0 Å². The second-order valence-electron chi connectivity index (χ2n) is 5.00. The molecular formula is C14H18ClNO2S. The van der Waals surface area contributed by atoms with Crippen LogP contribution in [0.15, 0.2) is 12.1 Å². The van der Waals surface area contributed by atoms with Crippen LogP contribution in [0.25, 0.3) is 0 Å². The Labute approximate surface area is 123 Å². The van der Waals surface area contributed by atoms with Crippen LogP contribution in [-0.2, 0) is 6.54 Å². The quantitative estimate of drug-likeness (QED) is 0.924. The summed E-state index contributed by atoms with van der Waals surface area (Å²) in [7, 11) is 0. The minimum Gasteiger partial charge on any atom is -0.454 e. The Balaban J connectivity index is 1.54. The average Bonchev–Trinajstić information content (AvgIpc) is 2.89. The lowest BCUT2D eigenvalue weighted by Crippen LogP contribution is -2.25. The fraction of sp³-hybridized carbons (Fsp3) is 0.571. The molecule has 3 nitrogen and oxygen atoms in total. The van der Waals surface area contributed by atoms with E-state index in [2.05, 4.69) is 17.1 Å². The molecule has 1 N–H and O–H groups in total. The van der Waals surface area contributed by atoms with Crippen LogP contribution >= 0.6 is 23.4 Å². The molecule has 1 aromatic carbocycles. The lowest BCUT2D eigenvalue weighted by atomic mass is 10.0. The summed E-state index contributed by atoms with van der Waals surface area (Å²) in [6.45, 7) is 2.19. The van der Waals surface area contributed by atoms with Crippen molar-refractivity contribution in [2.24, 2.45) is 5.92 Å². The smallest absolute Gasteiger partial charge is 0.231 e. The maximum atomic E-state index is 6.17. The summed E-state index contributed by atoms with van der Waals surface area (Å²) in [5.41, 5.74) is 1.15. The molecule has 3 rings (SSSR count). The van der Waals surface area contributed by atoms with E-state index in [1.54, 1.807) is 0 Å². The first-order chi connectivity index (χ1) is 9.33. The predicted octanol–water partition coefficient (Wildman–Crippen LogP) is 3.30. The lowest BCUT2D eigenvalue weighted by Gasteiger charge is -2.21. The van der Waals surface area contributed by atoms with Crippen LogP contribution in [0.1, 0.15) is 18.4 Å². The molecule has 2 aliphatic heterocycles. The van der Waals surface area contributed by atoms with Crippen LogP contribution < -0.4 is 14.8 Å². The zero-order valence-corrected chi connectivity index (χ0v) is 12.4. The molecule has 0 unspecified atom stereocenters. The van der Waals surface area contributed by atoms with Gasteiger partial charge in [-0.2, -0.15) is 11.8 Å². The fourth-order valence-corrected chi connectivity index (χ4v) is 3.99. The van der Waals surface area contributed by atoms with Gasteiger partial charge in [-0.1, -0.05) is 11.6 Å². The molecule has 0 aromatic heterocycles. The van der Waals surface area contributed by atoms with Crippen molar-refractivity contribution in [1.29, 1.82) is 0 Å². The predicted molar refractivity (Wildman–Crippen MR) is 79.3 cm³/mol. The Hall–Kier alpha value is -0.580. The van der Waals surface area contributed by atoms with E-state index in [0.717, 1.165) is 30.3 Å². The van der Waals surface area contributed by atoms with Crippen molar-refractivity contribution in [3.8, 4) is 11.5 Å². The Bertz CT molecular complexity index is 449. The van der Waals surface area contributed by atoms with Crippen LogP contribution in [0.5, 0.6) is 11.5 Å². The summed E-state index contributed by atoms with van der Waals surface area (Å²) in [4.78, 5) is 0. The molecule has 104 valence electrons. The van der Waals surface area contributed by atoms with Crippen LogP contribution in [0, 0.1) is 5.92 Å². The number of fused-ring (bicyclic) bond motifs is 1. The van der Waals surface area contributed by atoms with E-state index in [1.165, 1.54) is 24.3 Å². The molecule has 5 heteroatoms. The first kappa shape index (κ1) is 13.4. The number of hydrogen-bond acceptors (Lipinski definition) is 4. The Morgan fingerprint density at radius 1 is 1.26 bits per heavy atom. The summed E-state index contributed by atoms with van der Waals surface area (Å²) in [6.07, 6.45) is 2.67. The summed E-state index contributed by atoms with van der Waals surface area (Å²) in [5, 5.41) is 4.17. The van der Waals surface area contributed by atoms with Gasteiger partial charge >= 0.3 is 0 Å². The van der Waals surface area contributed by atoms with Crippen molar-refractivity contribution in [3.63, 3.8) is 0 Å². The highest BCUT2D eigenvalue weighted by molar-refractivity contribution is 7.99. The number of benzene rings is 1. The molecule has 0 spiro atoms. The van der Waals surface area contributed by atoms with E-state index in [9.17, 15) is 0 Å². The molecule has 2 heterocycles. The molecule has 0 radical (unpaired) electrons. The van der Waals surface area contributed by atoms with E-state index in [0.29, 0.717) is 10.8 Å². The third kappa shape index (κ3) is 3.30. The Morgan fingerprint density at radius 2 is 2.11 bits per heavy atom. The number of nitrogens with one attached hydrogen (secondary N) is 1. The first-order valence-electron chi connectivity index (χ1n) is 6.69. The highest BCUT2D eigenvalue weighted by Gasteiger charge is 2.18. The van der Waals surface area contributed by atoms with Gasteiger partial charge in [0.1, 0.15) is 0 Å². The SMILES string of the molecule is Clc1cc(CNCC2CCSCC2)cc2c1OCO2. The van der Waals surface area contributed by atoms with Gasteiger partial charge in [0.15, 0.2) is 11.5 Å². The molecule has 1 saturated heterocycles. The highest BCUT2D eigenvalue weighted by atomic mass is 35.5. The van der Waals surface area contributed by atoms with Gasteiger partial charge in [0.2, 0.25) is 6.79 Å². The molecule has 19 heavy (non-hydrogen) atoms. The third-order valence-electron chi connectivity index (χ3n) is 3.59. The largest absolute Gasteiger partial charge is 0.454 e.